The molecule has 128 valence electrons. The van der Waals surface area contributed by atoms with Crippen molar-refractivity contribution < 1.29 is 12.4 Å². The van der Waals surface area contributed by atoms with Crippen molar-refractivity contribution in [2.75, 3.05) is 18.8 Å². The van der Waals surface area contributed by atoms with Gasteiger partial charge in [0.2, 0.25) is 5.16 Å². The number of rotatable bonds is 6. The predicted molar refractivity (Wildman–Crippen MR) is 96.1 cm³/mol. The number of hydrogen-bond donors (Lipinski definition) is 1. The summed E-state index contributed by atoms with van der Waals surface area (Å²) in [6.45, 7) is 1.51. The van der Waals surface area contributed by atoms with Gasteiger partial charge in [0.15, 0.2) is 0 Å². The van der Waals surface area contributed by atoms with E-state index in [1.54, 1.807) is 16.4 Å². The van der Waals surface area contributed by atoms with Gasteiger partial charge < -0.3 is 17.7 Å². The topological polar surface area (TPSA) is 55.6 Å². The minimum Gasteiger partial charge on any atom is -1.00 e. The lowest BCUT2D eigenvalue weighted by atomic mass is 10.2. The number of aromatic nitrogens is 4. The zero-order valence-corrected chi connectivity index (χ0v) is 15.0. The van der Waals surface area contributed by atoms with Crippen LogP contribution in [-0.2, 0) is 0 Å². The number of halogens is 1. The van der Waals surface area contributed by atoms with Crippen LogP contribution in [0.1, 0.15) is 5.56 Å². The van der Waals surface area contributed by atoms with Gasteiger partial charge in [0.1, 0.15) is 0 Å². The van der Waals surface area contributed by atoms with Crippen molar-refractivity contribution in [1.82, 2.24) is 25.5 Å². The zero-order valence-electron chi connectivity index (χ0n) is 13.5. The van der Waals surface area contributed by atoms with E-state index in [1.807, 2.05) is 60.7 Å². The third kappa shape index (κ3) is 5.91. The molecule has 0 saturated carbocycles. The number of para-hydroxylation sites is 1. The van der Waals surface area contributed by atoms with Gasteiger partial charge in [-0.05, 0) is 34.7 Å². The van der Waals surface area contributed by atoms with Gasteiger partial charge in [-0.25, -0.2) is 0 Å². The van der Waals surface area contributed by atoms with E-state index in [1.165, 1.54) is 0 Å². The van der Waals surface area contributed by atoms with Crippen LogP contribution in [0.2, 0.25) is 0 Å². The Labute approximate surface area is 157 Å². The molecule has 0 aliphatic heterocycles. The van der Waals surface area contributed by atoms with Gasteiger partial charge in [-0.2, -0.15) is 4.68 Å². The number of hydrogen-bond acceptors (Lipinski definition) is 5. The lowest BCUT2D eigenvalue weighted by Crippen LogP contribution is -3.00. The standard InChI is InChI=1S/C18H17N5S.ClH/c1-3-8-16(9-4-1)10-7-13-19-14-15-24-18-20-21-22-23(18)17-11-5-2-6-12-17;/h1-6,8-9,11-12,19H,13-15H2;1H/p-1. The molecule has 0 amide bonds. The molecule has 1 N–H and O–H groups in total. The van der Waals surface area contributed by atoms with E-state index < -0.39 is 0 Å². The van der Waals surface area contributed by atoms with Crippen molar-refractivity contribution in [1.29, 1.82) is 0 Å². The largest absolute Gasteiger partial charge is 1.00 e. The highest BCUT2D eigenvalue weighted by Gasteiger charge is 2.07. The molecule has 0 saturated heterocycles. The lowest BCUT2D eigenvalue weighted by Gasteiger charge is -2.03. The highest BCUT2D eigenvalue weighted by molar-refractivity contribution is 7.99. The Bertz CT molecular complexity index is 811. The molecule has 0 radical (unpaired) electrons. The Morgan fingerprint density at radius 2 is 1.72 bits per heavy atom. The fourth-order valence-electron chi connectivity index (χ4n) is 2.03. The first-order chi connectivity index (χ1) is 11.9. The van der Waals surface area contributed by atoms with Crippen LogP contribution in [0.25, 0.3) is 5.69 Å². The summed E-state index contributed by atoms with van der Waals surface area (Å²) in [6.07, 6.45) is 0. The van der Waals surface area contributed by atoms with E-state index in [4.69, 9.17) is 0 Å². The molecule has 0 aliphatic rings. The summed E-state index contributed by atoms with van der Waals surface area (Å²) < 4.78 is 1.75. The molecule has 0 atom stereocenters. The fourth-order valence-corrected chi connectivity index (χ4v) is 2.82. The number of nitrogens with one attached hydrogen (secondary N) is 1. The van der Waals surface area contributed by atoms with E-state index >= 15 is 0 Å². The maximum absolute atomic E-state index is 4.08. The van der Waals surface area contributed by atoms with Gasteiger partial charge >= 0.3 is 0 Å². The quantitative estimate of drug-likeness (QED) is 0.357. The summed E-state index contributed by atoms with van der Waals surface area (Å²) in [7, 11) is 0. The SMILES string of the molecule is C(#Cc1ccccc1)CNCCSc1nnnn1-c1ccccc1.[Cl-]. The number of thioether (sulfide) groups is 1. The number of benzene rings is 2. The van der Waals surface area contributed by atoms with Crippen LogP contribution in [0.5, 0.6) is 0 Å². The average Bonchev–Trinajstić information content (AvgIpc) is 3.11. The van der Waals surface area contributed by atoms with Crippen molar-refractivity contribution >= 4 is 11.8 Å². The van der Waals surface area contributed by atoms with E-state index in [9.17, 15) is 0 Å². The predicted octanol–water partition coefficient (Wildman–Crippen LogP) is -0.600. The Morgan fingerprint density at radius 1 is 1.00 bits per heavy atom. The van der Waals surface area contributed by atoms with Crippen LogP contribution < -0.4 is 17.7 Å². The average molecular weight is 371 g/mol. The summed E-state index contributed by atoms with van der Waals surface area (Å²) in [5.74, 6) is 7.12. The third-order valence-corrected chi connectivity index (χ3v) is 4.09. The summed E-state index contributed by atoms with van der Waals surface area (Å²) in [5, 5.41) is 16.0. The Hall–Kier alpha value is -2.33. The molecule has 0 fully saturated rings. The van der Waals surface area contributed by atoms with Crippen molar-refractivity contribution in [3.63, 3.8) is 0 Å². The maximum Gasteiger partial charge on any atom is 0.214 e. The van der Waals surface area contributed by atoms with Gasteiger partial charge in [0.25, 0.3) is 0 Å². The number of nitrogens with zero attached hydrogens (tertiary/aromatic N) is 4. The van der Waals surface area contributed by atoms with Crippen molar-refractivity contribution in [2.24, 2.45) is 0 Å². The molecular weight excluding hydrogens is 354 g/mol. The Morgan fingerprint density at radius 3 is 2.48 bits per heavy atom. The molecule has 7 heteroatoms. The Balaban J connectivity index is 0.00000225. The first kappa shape index (κ1) is 19.0. The van der Waals surface area contributed by atoms with Crippen LogP contribution in [0.3, 0.4) is 0 Å². The fraction of sp³-hybridized carbons (Fsp3) is 0.167. The first-order valence-corrected chi connectivity index (χ1v) is 8.63. The van der Waals surface area contributed by atoms with Crippen molar-refractivity contribution in [3.05, 3.63) is 66.2 Å². The van der Waals surface area contributed by atoms with Crippen LogP contribution in [0.15, 0.2) is 65.8 Å². The molecule has 0 aliphatic carbocycles. The summed E-state index contributed by atoms with van der Waals surface area (Å²) in [6, 6.07) is 19.9. The minimum absolute atomic E-state index is 0. The first-order valence-electron chi connectivity index (χ1n) is 7.65. The second-order valence-electron chi connectivity index (χ2n) is 4.90. The van der Waals surface area contributed by atoms with Crippen molar-refractivity contribution in [2.45, 2.75) is 5.16 Å². The van der Waals surface area contributed by atoms with Crippen molar-refractivity contribution in [3.8, 4) is 17.5 Å². The molecule has 1 heterocycles. The lowest BCUT2D eigenvalue weighted by molar-refractivity contribution is -0.00000489. The van der Waals surface area contributed by atoms with Crippen LogP contribution in [0.4, 0.5) is 0 Å². The second kappa shape index (κ2) is 10.5. The van der Waals surface area contributed by atoms with Crippen LogP contribution >= 0.6 is 11.8 Å². The van der Waals surface area contributed by atoms with E-state index in [2.05, 4.69) is 32.7 Å². The third-order valence-electron chi connectivity index (χ3n) is 3.17. The molecule has 1 aromatic heterocycles. The Kier molecular flexibility index (Phi) is 7.99. The summed E-state index contributed by atoms with van der Waals surface area (Å²) >= 11 is 1.62. The molecule has 2 aromatic carbocycles. The molecule has 3 aromatic rings. The van der Waals surface area contributed by atoms with E-state index in [0.717, 1.165) is 28.7 Å². The van der Waals surface area contributed by atoms with Crippen LogP contribution in [-0.4, -0.2) is 39.0 Å². The molecule has 25 heavy (non-hydrogen) atoms. The maximum atomic E-state index is 4.08. The van der Waals surface area contributed by atoms with Gasteiger partial charge in [0, 0.05) is 17.9 Å². The number of tetrazole rings is 1. The molecular formula is C18H17ClN5S-. The molecule has 3 rings (SSSR count). The normalized spacial score (nSPS) is 9.76. The zero-order chi connectivity index (χ0) is 16.5. The highest BCUT2D eigenvalue weighted by atomic mass is 35.5. The monoisotopic (exact) mass is 370 g/mol. The van der Waals surface area contributed by atoms with Gasteiger partial charge in [-0.15, -0.1) is 5.10 Å². The van der Waals surface area contributed by atoms with Crippen LogP contribution in [0, 0.1) is 11.8 Å². The molecule has 0 spiro atoms. The van der Waals surface area contributed by atoms with Gasteiger partial charge in [0.05, 0.1) is 12.2 Å². The molecule has 5 nitrogen and oxygen atoms in total. The van der Waals surface area contributed by atoms with Gasteiger partial charge in [-0.3, -0.25) is 0 Å². The smallest absolute Gasteiger partial charge is 0.214 e. The molecule has 0 bridgehead atoms. The summed E-state index contributed by atoms with van der Waals surface area (Å²) in [5.41, 5.74) is 2.00. The van der Waals surface area contributed by atoms with E-state index in [0.29, 0.717) is 6.54 Å². The second-order valence-corrected chi connectivity index (χ2v) is 5.96. The summed E-state index contributed by atoms with van der Waals surface area (Å²) in [4.78, 5) is 0. The molecule has 0 unspecified atom stereocenters. The highest BCUT2D eigenvalue weighted by Crippen LogP contribution is 2.16. The minimum atomic E-state index is 0. The van der Waals surface area contributed by atoms with E-state index in [-0.39, 0.29) is 12.4 Å². The van der Waals surface area contributed by atoms with Gasteiger partial charge in [-0.1, -0.05) is 60.0 Å².